The highest BCUT2D eigenvalue weighted by Crippen LogP contribution is 2.28. The highest BCUT2D eigenvalue weighted by Gasteiger charge is 2.22. The molecule has 0 aliphatic heterocycles. The molecule has 0 saturated carbocycles. The number of aromatic nitrogens is 2. The molecule has 0 spiro atoms. The van der Waals surface area contributed by atoms with E-state index in [2.05, 4.69) is 5.10 Å². The number of benzene rings is 2. The molecule has 6 heteroatoms. The monoisotopic (exact) mass is 383 g/mol. The minimum absolute atomic E-state index is 0.0819. The third-order valence-electron chi connectivity index (χ3n) is 4.43. The Hall–Kier alpha value is -2.79. The molecule has 0 aliphatic rings. The van der Waals surface area contributed by atoms with Crippen molar-refractivity contribution in [3.05, 3.63) is 65.3 Å². The molecular formula is C21H22ClN3O2. The largest absolute Gasteiger partial charge is 0.497 e. The van der Waals surface area contributed by atoms with E-state index in [1.165, 1.54) is 0 Å². The lowest BCUT2D eigenvalue weighted by molar-refractivity contribution is 0.0764. The average molecular weight is 384 g/mol. The van der Waals surface area contributed by atoms with Gasteiger partial charge in [0.2, 0.25) is 0 Å². The molecule has 27 heavy (non-hydrogen) atoms. The van der Waals surface area contributed by atoms with Crippen LogP contribution in [0.3, 0.4) is 0 Å². The third-order valence-corrected chi connectivity index (χ3v) is 4.74. The quantitative estimate of drug-likeness (QED) is 0.620. The molecule has 0 fully saturated rings. The minimum Gasteiger partial charge on any atom is -0.497 e. The first-order chi connectivity index (χ1) is 13.1. The van der Waals surface area contributed by atoms with Crippen molar-refractivity contribution < 1.29 is 9.53 Å². The summed E-state index contributed by atoms with van der Waals surface area (Å²) < 4.78 is 6.93. The van der Waals surface area contributed by atoms with Gasteiger partial charge in [-0.2, -0.15) is 5.10 Å². The lowest BCUT2D eigenvalue weighted by Gasteiger charge is -2.19. The van der Waals surface area contributed by atoms with Gasteiger partial charge in [0.15, 0.2) is 0 Å². The lowest BCUT2D eigenvalue weighted by Crippen LogP contribution is -2.32. The molecule has 3 rings (SSSR count). The molecule has 0 N–H and O–H groups in total. The summed E-state index contributed by atoms with van der Waals surface area (Å²) >= 11 is 6.38. The summed E-state index contributed by atoms with van der Waals surface area (Å²) in [6.07, 6.45) is 0. The molecule has 1 heterocycles. The highest BCUT2D eigenvalue weighted by atomic mass is 35.5. The van der Waals surface area contributed by atoms with Gasteiger partial charge in [-0.1, -0.05) is 35.9 Å². The molecule has 5 nitrogen and oxygen atoms in total. The van der Waals surface area contributed by atoms with E-state index in [1.807, 2.05) is 56.3 Å². The van der Waals surface area contributed by atoms with Gasteiger partial charge < -0.3 is 9.64 Å². The van der Waals surface area contributed by atoms with Gasteiger partial charge in [-0.3, -0.25) is 4.79 Å². The van der Waals surface area contributed by atoms with Crippen molar-refractivity contribution in [2.75, 3.05) is 20.2 Å². The molecule has 3 aromatic rings. The topological polar surface area (TPSA) is 47.4 Å². The second-order valence-electron chi connectivity index (χ2n) is 5.99. The number of hydrogen-bond donors (Lipinski definition) is 0. The van der Waals surface area contributed by atoms with Gasteiger partial charge in [0, 0.05) is 18.7 Å². The van der Waals surface area contributed by atoms with Crippen LogP contribution in [0.5, 0.6) is 5.75 Å². The molecule has 2 aromatic carbocycles. The molecule has 0 radical (unpaired) electrons. The Bertz CT molecular complexity index is 948. The second kappa shape index (κ2) is 8.27. The number of carbonyl (C=O) groups is 1. The molecule has 0 unspecified atom stereocenters. The fraction of sp³-hybridized carbons (Fsp3) is 0.238. The average Bonchev–Trinajstić information content (AvgIpc) is 3.14. The van der Waals surface area contributed by atoms with E-state index >= 15 is 0 Å². The number of para-hydroxylation sites is 1. The number of rotatable bonds is 6. The number of hydrogen-bond acceptors (Lipinski definition) is 3. The SMILES string of the molecule is CCN(CC)C(=O)c1cc(-c2cccc(OC)c2)nn1-c1ccccc1Cl. The minimum atomic E-state index is -0.0819. The first kappa shape index (κ1) is 19.0. The molecule has 0 aliphatic carbocycles. The van der Waals surface area contributed by atoms with Crippen molar-refractivity contribution in [1.82, 2.24) is 14.7 Å². The standard InChI is InChI=1S/C21H22ClN3O2/c1-4-24(5-2)21(26)20-14-18(15-9-8-10-16(13-15)27-3)23-25(20)19-12-7-6-11-17(19)22/h6-14H,4-5H2,1-3H3. The predicted molar refractivity (Wildman–Crippen MR) is 108 cm³/mol. The Balaban J connectivity index is 2.17. The van der Waals surface area contributed by atoms with E-state index in [0.29, 0.717) is 35.2 Å². The smallest absolute Gasteiger partial charge is 0.272 e. The molecule has 0 saturated heterocycles. The number of halogens is 1. The zero-order valence-corrected chi connectivity index (χ0v) is 16.4. The third kappa shape index (κ3) is 3.83. The van der Waals surface area contributed by atoms with Crippen molar-refractivity contribution in [2.24, 2.45) is 0 Å². The van der Waals surface area contributed by atoms with Gasteiger partial charge in [0.25, 0.3) is 5.91 Å². The maximum Gasteiger partial charge on any atom is 0.272 e. The maximum atomic E-state index is 13.1. The Morgan fingerprint density at radius 3 is 2.52 bits per heavy atom. The number of carbonyl (C=O) groups excluding carboxylic acids is 1. The molecular weight excluding hydrogens is 362 g/mol. The fourth-order valence-corrected chi connectivity index (χ4v) is 3.15. The van der Waals surface area contributed by atoms with E-state index in [1.54, 1.807) is 28.8 Å². The molecule has 140 valence electrons. The van der Waals surface area contributed by atoms with E-state index in [0.717, 1.165) is 11.3 Å². The van der Waals surface area contributed by atoms with Crippen LogP contribution in [0.4, 0.5) is 0 Å². The maximum absolute atomic E-state index is 13.1. The van der Waals surface area contributed by atoms with Crippen LogP contribution in [0, 0.1) is 0 Å². The van der Waals surface area contributed by atoms with Gasteiger partial charge in [-0.25, -0.2) is 4.68 Å². The van der Waals surface area contributed by atoms with Crippen LogP contribution >= 0.6 is 11.6 Å². The number of nitrogens with zero attached hydrogens (tertiary/aromatic N) is 3. The van der Waals surface area contributed by atoms with Gasteiger partial charge in [-0.05, 0) is 44.2 Å². The summed E-state index contributed by atoms with van der Waals surface area (Å²) in [4.78, 5) is 14.8. The Morgan fingerprint density at radius 1 is 1.11 bits per heavy atom. The molecule has 1 aromatic heterocycles. The number of amides is 1. The van der Waals surface area contributed by atoms with E-state index in [-0.39, 0.29) is 5.91 Å². The first-order valence-electron chi connectivity index (χ1n) is 8.87. The number of ether oxygens (including phenoxy) is 1. The normalized spacial score (nSPS) is 10.7. The van der Waals surface area contributed by atoms with Crippen LogP contribution in [-0.4, -0.2) is 40.8 Å². The molecule has 0 bridgehead atoms. The highest BCUT2D eigenvalue weighted by molar-refractivity contribution is 6.32. The summed E-state index contributed by atoms with van der Waals surface area (Å²) in [6.45, 7) is 5.16. The zero-order valence-electron chi connectivity index (χ0n) is 15.6. The zero-order chi connectivity index (χ0) is 19.4. The summed E-state index contributed by atoms with van der Waals surface area (Å²) in [7, 11) is 1.62. The van der Waals surface area contributed by atoms with E-state index in [9.17, 15) is 4.79 Å². The van der Waals surface area contributed by atoms with E-state index < -0.39 is 0 Å². The van der Waals surface area contributed by atoms with Gasteiger partial charge >= 0.3 is 0 Å². The Kier molecular flexibility index (Phi) is 5.81. The Labute approximate surface area is 164 Å². The summed E-state index contributed by atoms with van der Waals surface area (Å²) in [5, 5.41) is 5.22. The van der Waals surface area contributed by atoms with Crippen molar-refractivity contribution >= 4 is 17.5 Å². The van der Waals surface area contributed by atoms with Crippen molar-refractivity contribution in [3.8, 4) is 22.7 Å². The number of methoxy groups -OCH3 is 1. The van der Waals surface area contributed by atoms with Crippen molar-refractivity contribution in [3.63, 3.8) is 0 Å². The van der Waals surface area contributed by atoms with Crippen LogP contribution in [0.15, 0.2) is 54.6 Å². The van der Waals surface area contributed by atoms with Crippen molar-refractivity contribution in [1.29, 1.82) is 0 Å². The lowest BCUT2D eigenvalue weighted by atomic mass is 10.1. The summed E-state index contributed by atoms with van der Waals surface area (Å²) in [5.41, 5.74) is 2.70. The summed E-state index contributed by atoms with van der Waals surface area (Å²) in [6, 6.07) is 16.8. The van der Waals surface area contributed by atoms with Gasteiger partial charge in [-0.15, -0.1) is 0 Å². The Morgan fingerprint density at radius 2 is 1.85 bits per heavy atom. The summed E-state index contributed by atoms with van der Waals surface area (Å²) in [5.74, 6) is 0.651. The fourth-order valence-electron chi connectivity index (χ4n) is 2.94. The van der Waals surface area contributed by atoms with Crippen LogP contribution in [0.1, 0.15) is 24.3 Å². The van der Waals surface area contributed by atoms with Crippen LogP contribution in [-0.2, 0) is 0 Å². The van der Waals surface area contributed by atoms with Gasteiger partial charge in [0.1, 0.15) is 11.4 Å². The van der Waals surface area contributed by atoms with Crippen molar-refractivity contribution in [2.45, 2.75) is 13.8 Å². The van der Waals surface area contributed by atoms with Gasteiger partial charge in [0.05, 0.1) is 23.5 Å². The predicted octanol–water partition coefficient (Wildman–Crippen LogP) is 4.68. The van der Waals surface area contributed by atoms with Crippen LogP contribution < -0.4 is 4.74 Å². The first-order valence-corrected chi connectivity index (χ1v) is 9.25. The van der Waals surface area contributed by atoms with Crippen LogP contribution in [0.25, 0.3) is 16.9 Å². The molecule has 0 atom stereocenters. The van der Waals surface area contributed by atoms with Crippen LogP contribution in [0.2, 0.25) is 5.02 Å². The second-order valence-corrected chi connectivity index (χ2v) is 6.39. The molecule has 1 amide bonds. The van der Waals surface area contributed by atoms with E-state index in [4.69, 9.17) is 16.3 Å².